The number of piperidine rings is 1. The van der Waals surface area contributed by atoms with E-state index in [9.17, 15) is 17.6 Å². The first-order valence-electron chi connectivity index (χ1n) is 10.4. The third-order valence-corrected chi connectivity index (χ3v) is 6.16. The van der Waals surface area contributed by atoms with Crippen LogP contribution in [0.5, 0.6) is 5.88 Å². The van der Waals surface area contributed by atoms with E-state index in [-0.39, 0.29) is 28.8 Å². The zero-order valence-electron chi connectivity index (χ0n) is 18.1. The van der Waals surface area contributed by atoms with Crippen LogP contribution in [0, 0.1) is 5.82 Å². The van der Waals surface area contributed by atoms with Gasteiger partial charge in [-0.3, -0.25) is 0 Å². The molecule has 33 heavy (non-hydrogen) atoms. The van der Waals surface area contributed by atoms with E-state index in [1.807, 2.05) is 0 Å². The van der Waals surface area contributed by atoms with Crippen molar-refractivity contribution < 1.29 is 27.1 Å². The molecule has 0 atom stereocenters. The molecule has 0 radical (unpaired) electrons. The highest BCUT2D eigenvalue weighted by molar-refractivity contribution is 7.89. The van der Waals surface area contributed by atoms with Gasteiger partial charge in [-0.2, -0.15) is 9.61 Å². The van der Waals surface area contributed by atoms with Gasteiger partial charge < -0.3 is 14.4 Å². The van der Waals surface area contributed by atoms with Crippen LogP contribution in [0.4, 0.5) is 9.18 Å². The molecule has 0 aliphatic carbocycles. The van der Waals surface area contributed by atoms with Gasteiger partial charge in [0.05, 0.1) is 17.2 Å². The monoisotopic (exact) mass is 477 g/mol. The number of nitrogens with two attached hydrogens (primary N) is 1. The summed E-state index contributed by atoms with van der Waals surface area (Å²) >= 11 is 0. The van der Waals surface area contributed by atoms with E-state index < -0.39 is 15.8 Å². The van der Waals surface area contributed by atoms with Crippen LogP contribution >= 0.6 is 0 Å². The highest BCUT2D eigenvalue weighted by Crippen LogP contribution is 2.30. The minimum Gasteiger partial charge on any atom is -0.474 e. The first-order valence-corrected chi connectivity index (χ1v) is 12.0. The van der Waals surface area contributed by atoms with Gasteiger partial charge in [0.15, 0.2) is 5.65 Å². The van der Waals surface area contributed by atoms with Gasteiger partial charge in [-0.1, -0.05) is 0 Å². The number of rotatable bonds is 5. The summed E-state index contributed by atoms with van der Waals surface area (Å²) in [4.78, 5) is 17.7. The second-order valence-electron chi connectivity index (χ2n) is 8.00. The molecule has 4 rings (SSSR count). The Bertz CT molecular complexity index is 1290. The smallest absolute Gasteiger partial charge is 0.410 e. The lowest BCUT2D eigenvalue weighted by Crippen LogP contribution is -2.42. The number of fused-ring (bicyclic) bond motifs is 1. The molecule has 1 aliphatic rings. The van der Waals surface area contributed by atoms with Gasteiger partial charge in [0.1, 0.15) is 11.9 Å². The number of primary sulfonamides is 1. The van der Waals surface area contributed by atoms with E-state index in [2.05, 4.69) is 10.1 Å². The van der Waals surface area contributed by atoms with Crippen molar-refractivity contribution >= 4 is 21.8 Å². The average Bonchev–Trinajstić information content (AvgIpc) is 3.18. The normalized spacial score (nSPS) is 15.2. The largest absolute Gasteiger partial charge is 0.474 e. The van der Waals surface area contributed by atoms with E-state index >= 15 is 0 Å². The number of sulfonamides is 1. The lowest BCUT2D eigenvalue weighted by Gasteiger charge is -2.31. The third-order valence-electron chi connectivity index (χ3n) is 5.25. The molecular formula is C21H24FN5O5S. The first kappa shape index (κ1) is 22.9. The van der Waals surface area contributed by atoms with Crippen LogP contribution in [0.15, 0.2) is 41.6 Å². The third kappa shape index (κ3) is 4.91. The van der Waals surface area contributed by atoms with E-state index in [1.165, 1.54) is 29.0 Å². The number of aromatic nitrogens is 3. The minimum atomic E-state index is -4.02. The number of nitrogens with zero attached hydrogens (tertiary/aromatic N) is 4. The van der Waals surface area contributed by atoms with Gasteiger partial charge in [0, 0.05) is 49.3 Å². The summed E-state index contributed by atoms with van der Waals surface area (Å²) in [5, 5.41) is 9.36. The summed E-state index contributed by atoms with van der Waals surface area (Å²) in [6.07, 6.45) is 3.56. The Morgan fingerprint density at radius 2 is 1.94 bits per heavy atom. The molecule has 12 heteroatoms. The fourth-order valence-electron chi connectivity index (χ4n) is 3.64. The Labute approximate surface area is 190 Å². The number of ether oxygens (including phenoxy) is 2. The van der Waals surface area contributed by atoms with Crippen molar-refractivity contribution in [2.24, 2.45) is 5.14 Å². The van der Waals surface area contributed by atoms with E-state index in [1.54, 1.807) is 24.8 Å². The maximum atomic E-state index is 14.7. The number of hydrogen-bond donors (Lipinski definition) is 1. The number of halogens is 1. The number of carbonyl (C=O) groups excluding carboxylic acids is 1. The number of hydrogen-bond acceptors (Lipinski definition) is 7. The Balaban J connectivity index is 1.53. The molecule has 0 bridgehead atoms. The Morgan fingerprint density at radius 1 is 1.21 bits per heavy atom. The molecule has 1 amide bonds. The van der Waals surface area contributed by atoms with Crippen molar-refractivity contribution in [1.29, 1.82) is 0 Å². The molecule has 0 spiro atoms. The van der Waals surface area contributed by atoms with Crippen molar-refractivity contribution in [2.45, 2.75) is 43.8 Å². The molecule has 2 N–H and O–H groups in total. The topological polar surface area (TPSA) is 129 Å². The average molecular weight is 478 g/mol. The Kier molecular flexibility index (Phi) is 6.21. The highest BCUT2D eigenvalue weighted by atomic mass is 32.2. The molecule has 0 unspecified atom stereocenters. The molecule has 10 nitrogen and oxygen atoms in total. The summed E-state index contributed by atoms with van der Waals surface area (Å²) in [5.74, 6) is -0.332. The fraction of sp³-hybridized carbons (Fsp3) is 0.381. The predicted molar refractivity (Wildman–Crippen MR) is 117 cm³/mol. The molecule has 176 valence electrons. The van der Waals surface area contributed by atoms with Crippen LogP contribution in [-0.2, 0) is 14.8 Å². The zero-order valence-corrected chi connectivity index (χ0v) is 19.0. The van der Waals surface area contributed by atoms with Gasteiger partial charge >= 0.3 is 6.09 Å². The van der Waals surface area contributed by atoms with Gasteiger partial charge in [-0.05, 0) is 32.0 Å². The number of amides is 1. The van der Waals surface area contributed by atoms with Crippen LogP contribution in [0.2, 0.25) is 0 Å². The molecule has 2 aromatic heterocycles. The summed E-state index contributed by atoms with van der Waals surface area (Å²) < 4.78 is 50.4. The molecule has 1 saturated heterocycles. The van der Waals surface area contributed by atoms with E-state index in [0.29, 0.717) is 43.0 Å². The number of likely N-dealkylation sites (tertiary alicyclic amines) is 1. The first-order chi connectivity index (χ1) is 15.6. The van der Waals surface area contributed by atoms with Crippen LogP contribution < -0.4 is 9.88 Å². The van der Waals surface area contributed by atoms with Crippen molar-refractivity contribution in [3.63, 3.8) is 0 Å². The molecule has 3 heterocycles. The van der Waals surface area contributed by atoms with Crippen molar-refractivity contribution in [1.82, 2.24) is 19.5 Å². The fourth-order valence-corrected chi connectivity index (χ4v) is 4.17. The zero-order chi connectivity index (χ0) is 23.8. The SMILES string of the molecule is CC(C)OC(=O)N1CCC(Oc2ccnc3c(-c4ccc(S(N)(=O)=O)cc4F)cnn23)CC1. The van der Waals surface area contributed by atoms with Crippen LogP contribution in [0.25, 0.3) is 16.8 Å². The Morgan fingerprint density at radius 3 is 2.58 bits per heavy atom. The second kappa shape index (κ2) is 8.94. The van der Waals surface area contributed by atoms with E-state index in [4.69, 9.17) is 14.6 Å². The van der Waals surface area contributed by atoms with Crippen molar-refractivity contribution in [2.75, 3.05) is 13.1 Å². The summed E-state index contributed by atoms with van der Waals surface area (Å²) in [6, 6.07) is 5.08. The van der Waals surface area contributed by atoms with Gasteiger partial charge in [-0.15, -0.1) is 0 Å². The molecular weight excluding hydrogens is 453 g/mol. The van der Waals surface area contributed by atoms with E-state index in [0.717, 1.165) is 6.07 Å². The number of benzene rings is 1. The minimum absolute atomic E-state index is 0.138. The number of carbonyl (C=O) groups is 1. The molecule has 0 saturated carbocycles. The summed E-state index contributed by atoms with van der Waals surface area (Å²) in [6.45, 7) is 4.63. The summed E-state index contributed by atoms with van der Waals surface area (Å²) in [5.41, 5.74) is 0.872. The summed E-state index contributed by atoms with van der Waals surface area (Å²) in [7, 11) is -4.02. The maximum absolute atomic E-state index is 14.7. The lowest BCUT2D eigenvalue weighted by atomic mass is 10.1. The quantitative estimate of drug-likeness (QED) is 0.598. The van der Waals surface area contributed by atoms with Crippen LogP contribution in [0.1, 0.15) is 26.7 Å². The predicted octanol–water partition coefficient (Wildman–Crippen LogP) is 2.57. The van der Waals surface area contributed by atoms with Gasteiger partial charge in [0.25, 0.3) is 0 Å². The molecule has 1 aromatic carbocycles. The van der Waals surface area contributed by atoms with Crippen molar-refractivity contribution in [3.05, 3.63) is 42.5 Å². The van der Waals surface area contributed by atoms with Crippen LogP contribution in [0.3, 0.4) is 0 Å². The van der Waals surface area contributed by atoms with Gasteiger partial charge in [-0.25, -0.2) is 27.7 Å². The maximum Gasteiger partial charge on any atom is 0.410 e. The van der Waals surface area contributed by atoms with Crippen LogP contribution in [-0.4, -0.2) is 59.3 Å². The Hall–Kier alpha value is -3.25. The second-order valence-corrected chi connectivity index (χ2v) is 9.56. The molecule has 1 fully saturated rings. The molecule has 3 aromatic rings. The standard InChI is InChI=1S/C21H24FN5O5S/c1-13(2)31-21(28)26-9-6-14(7-10-26)32-19-5-8-24-20-17(12-25-27(19)20)16-4-3-15(11-18(16)22)33(23,29)30/h3-5,8,11-14H,6-7,9-10H2,1-2H3,(H2,23,29,30). The molecule has 1 aliphatic heterocycles. The van der Waals surface area contributed by atoms with Crippen molar-refractivity contribution in [3.8, 4) is 17.0 Å². The lowest BCUT2D eigenvalue weighted by molar-refractivity contribution is 0.0502. The highest BCUT2D eigenvalue weighted by Gasteiger charge is 2.26. The van der Waals surface area contributed by atoms with Gasteiger partial charge in [0.2, 0.25) is 15.9 Å².